The number of aliphatic carboxylic acids is 1. The van der Waals surface area contributed by atoms with Gasteiger partial charge in [-0.05, 0) is 31.0 Å². The number of ketones is 1. The van der Waals surface area contributed by atoms with Crippen LogP contribution in [0, 0.1) is 6.92 Å². The number of aromatic nitrogens is 1. The van der Waals surface area contributed by atoms with Gasteiger partial charge in [0, 0.05) is 12.2 Å². The number of primary amides is 1. The number of nitrogens with zero attached hydrogens (tertiary/aromatic N) is 1. The van der Waals surface area contributed by atoms with E-state index in [9.17, 15) is 19.2 Å². The van der Waals surface area contributed by atoms with Crippen LogP contribution < -0.4 is 15.8 Å². The molecule has 4 rings (SSSR count). The van der Waals surface area contributed by atoms with Crippen molar-refractivity contribution < 1.29 is 29.0 Å². The number of hydrogen-bond donors (Lipinski definition) is 3. The predicted molar refractivity (Wildman–Crippen MR) is 148 cm³/mol. The number of aryl methyl sites for hydroxylation is 1. The average molecular weight is 530 g/mol. The number of fused-ring (bicyclic) bond motifs is 1. The molecule has 1 heterocycles. The first-order chi connectivity index (χ1) is 18.7. The number of rotatable bonds is 10. The average Bonchev–Trinajstić information content (AvgIpc) is 3.25. The Morgan fingerprint density at radius 2 is 1.56 bits per heavy atom. The monoisotopic (exact) mass is 529 g/mol. The Bertz CT molecular complexity index is 1460. The van der Waals surface area contributed by atoms with E-state index in [0.717, 1.165) is 5.56 Å². The smallest absolute Gasteiger partial charge is 0.322 e. The fourth-order valence-electron chi connectivity index (χ4n) is 4.13. The molecule has 0 aliphatic heterocycles. The van der Waals surface area contributed by atoms with Gasteiger partial charge in [-0.1, -0.05) is 79.2 Å². The summed E-state index contributed by atoms with van der Waals surface area (Å²) < 4.78 is 7.55. The molecule has 9 heteroatoms. The predicted octanol–water partition coefficient (Wildman–Crippen LogP) is 3.49. The first-order valence-electron chi connectivity index (χ1n) is 12.4. The van der Waals surface area contributed by atoms with Crippen molar-refractivity contribution in [1.29, 1.82) is 0 Å². The number of benzene rings is 3. The van der Waals surface area contributed by atoms with Gasteiger partial charge in [0.1, 0.15) is 12.3 Å². The number of Topliss-reactive ketones (excluding diaryl/α,β-unsaturated/α-hetero) is 1. The summed E-state index contributed by atoms with van der Waals surface area (Å²) in [6.07, 6.45) is 0.453. The van der Waals surface area contributed by atoms with Gasteiger partial charge in [0.05, 0.1) is 16.5 Å². The first kappa shape index (κ1) is 28.6. The summed E-state index contributed by atoms with van der Waals surface area (Å²) in [5.41, 5.74) is 9.07. The molecule has 2 amide bonds. The molecule has 39 heavy (non-hydrogen) atoms. The van der Waals surface area contributed by atoms with E-state index < -0.39 is 36.7 Å². The van der Waals surface area contributed by atoms with Crippen molar-refractivity contribution in [1.82, 2.24) is 9.88 Å². The minimum Gasteiger partial charge on any atom is -0.483 e. The lowest BCUT2D eigenvalue weighted by molar-refractivity contribution is -0.138. The van der Waals surface area contributed by atoms with Crippen molar-refractivity contribution in [2.24, 2.45) is 5.73 Å². The highest BCUT2D eigenvalue weighted by atomic mass is 16.5. The molecule has 0 bridgehead atoms. The van der Waals surface area contributed by atoms with Crippen LogP contribution in [0.25, 0.3) is 10.9 Å². The topological polar surface area (TPSA) is 141 Å². The molecule has 202 valence electrons. The lowest BCUT2D eigenvalue weighted by Gasteiger charge is -2.11. The van der Waals surface area contributed by atoms with Gasteiger partial charge in [-0.3, -0.25) is 19.2 Å². The van der Waals surface area contributed by atoms with E-state index >= 15 is 0 Å². The van der Waals surface area contributed by atoms with Crippen molar-refractivity contribution in [3.05, 3.63) is 101 Å². The van der Waals surface area contributed by atoms with Crippen molar-refractivity contribution in [2.45, 2.75) is 26.8 Å². The number of ether oxygens (including phenoxy) is 1. The molecular formula is C30H31N3O6. The molecule has 0 aliphatic rings. The normalized spacial score (nSPS) is 10.3. The summed E-state index contributed by atoms with van der Waals surface area (Å²) in [6, 6.07) is 25.0. The first-order valence-corrected chi connectivity index (χ1v) is 12.4. The molecule has 3 aromatic carbocycles. The number of nitrogens with two attached hydrogens (primary N) is 1. The zero-order valence-electron chi connectivity index (χ0n) is 21.8. The molecule has 9 nitrogen and oxygen atoms in total. The van der Waals surface area contributed by atoms with E-state index in [1.807, 2.05) is 60.0 Å². The van der Waals surface area contributed by atoms with Gasteiger partial charge in [0.2, 0.25) is 0 Å². The van der Waals surface area contributed by atoms with Crippen LogP contribution in [0.5, 0.6) is 5.75 Å². The molecular weight excluding hydrogens is 498 g/mol. The third-order valence-corrected chi connectivity index (χ3v) is 5.86. The van der Waals surface area contributed by atoms with E-state index in [1.54, 1.807) is 18.2 Å². The molecule has 0 unspecified atom stereocenters. The van der Waals surface area contributed by atoms with Crippen LogP contribution in [0.2, 0.25) is 0 Å². The van der Waals surface area contributed by atoms with Crippen LogP contribution in [0.4, 0.5) is 0 Å². The molecule has 0 saturated carbocycles. The second-order valence-corrected chi connectivity index (χ2v) is 8.70. The van der Waals surface area contributed by atoms with Crippen LogP contribution in [0.1, 0.15) is 34.1 Å². The lowest BCUT2D eigenvalue weighted by atomic mass is 10.0. The number of carbonyl (C=O) groups excluding carboxylic acids is 3. The minimum atomic E-state index is -1.18. The molecule has 1 aromatic heterocycles. The minimum absolute atomic E-state index is 0.146. The number of carbonyl (C=O) groups is 4. The summed E-state index contributed by atoms with van der Waals surface area (Å²) in [7, 11) is 0. The largest absolute Gasteiger partial charge is 0.483 e. The van der Waals surface area contributed by atoms with E-state index in [2.05, 4.69) is 24.4 Å². The summed E-state index contributed by atoms with van der Waals surface area (Å²) >= 11 is 0. The standard InChI is InChI=1S/C23H23N3O6.C7H8/c1-2-15-21(22(30)23(24)31)20-16(26(15)12-14-7-4-3-5-8-14)9-6-10-17(20)32-13-18(27)25-11-19(28)29;1-7-5-3-2-4-6-7/h3-10H,2,11-13H2,1H3,(H2,24,31)(H,25,27)(H,28,29);2-6H,1H3. The second kappa shape index (κ2) is 13.6. The maximum atomic E-state index is 12.8. The SMILES string of the molecule is CCc1c(C(=O)C(N)=O)c2c(OCC(=O)NCC(=O)O)cccc2n1Cc1ccccc1.Cc1ccccc1. The van der Waals surface area contributed by atoms with Gasteiger partial charge >= 0.3 is 5.97 Å². The highest BCUT2D eigenvalue weighted by Crippen LogP contribution is 2.35. The number of hydrogen-bond acceptors (Lipinski definition) is 5. The van der Waals surface area contributed by atoms with E-state index in [-0.39, 0.29) is 11.3 Å². The molecule has 0 radical (unpaired) electrons. The van der Waals surface area contributed by atoms with Gasteiger partial charge in [-0.15, -0.1) is 0 Å². The Morgan fingerprint density at radius 3 is 2.10 bits per heavy atom. The Hall–Kier alpha value is -4.92. The van der Waals surface area contributed by atoms with Crippen LogP contribution in [-0.4, -0.2) is 46.4 Å². The third kappa shape index (κ3) is 7.54. The summed E-state index contributed by atoms with van der Waals surface area (Å²) in [5, 5.41) is 11.3. The molecule has 0 spiro atoms. The Morgan fingerprint density at radius 1 is 0.923 bits per heavy atom. The third-order valence-electron chi connectivity index (χ3n) is 5.86. The van der Waals surface area contributed by atoms with E-state index in [4.69, 9.17) is 15.6 Å². The van der Waals surface area contributed by atoms with Gasteiger partial charge in [0.15, 0.2) is 6.61 Å². The zero-order valence-corrected chi connectivity index (χ0v) is 21.8. The molecule has 4 N–H and O–H groups in total. The van der Waals surface area contributed by atoms with Crippen molar-refractivity contribution in [2.75, 3.05) is 13.2 Å². The van der Waals surface area contributed by atoms with Gasteiger partial charge in [-0.25, -0.2) is 0 Å². The second-order valence-electron chi connectivity index (χ2n) is 8.70. The Balaban J connectivity index is 0.000000520. The van der Waals surface area contributed by atoms with E-state index in [1.165, 1.54) is 5.56 Å². The zero-order chi connectivity index (χ0) is 28.4. The van der Waals surface area contributed by atoms with Gasteiger partial charge in [0.25, 0.3) is 17.6 Å². The maximum absolute atomic E-state index is 12.8. The summed E-state index contributed by atoms with van der Waals surface area (Å²) in [5.74, 6) is -3.52. The molecule has 0 atom stereocenters. The quantitative estimate of drug-likeness (QED) is 0.212. The highest BCUT2D eigenvalue weighted by molar-refractivity contribution is 6.45. The van der Waals surface area contributed by atoms with Crippen LogP contribution in [0.15, 0.2) is 78.9 Å². The van der Waals surface area contributed by atoms with Crippen LogP contribution in [0.3, 0.4) is 0 Å². The fraction of sp³-hybridized carbons (Fsp3) is 0.200. The van der Waals surface area contributed by atoms with Crippen molar-refractivity contribution >= 4 is 34.5 Å². The van der Waals surface area contributed by atoms with Crippen molar-refractivity contribution in [3.63, 3.8) is 0 Å². The number of carboxylic acids is 1. The van der Waals surface area contributed by atoms with Crippen LogP contribution in [-0.2, 0) is 27.3 Å². The fourth-order valence-corrected chi connectivity index (χ4v) is 4.13. The summed E-state index contributed by atoms with van der Waals surface area (Å²) in [6.45, 7) is 3.41. The van der Waals surface area contributed by atoms with Crippen molar-refractivity contribution in [3.8, 4) is 5.75 Å². The van der Waals surface area contributed by atoms with Gasteiger partial charge < -0.3 is 25.5 Å². The van der Waals surface area contributed by atoms with Crippen LogP contribution >= 0.6 is 0 Å². The summed E-state index contributed by atoms with van der Waals surface area (Å²) in [4.78, 5) is 47.1. The highest BCUT2D eigenvalue weighted by Gasteiger charge is 2.27. The Labute approximate surface area is 226 Å². The maximum Gasteiger partial charge on any atom is 0.322 e. The number of nitrogens with one attached hydrogen (secondary N) is 1. The molecule has 0 saturated heterocycles. The lowest BCUT2D eigenvalue weighted by Crippen LogP contribution is -2.33. The molecule has 4 aromatic rings. The van der Waals surface area contributed by atoms with E-state index in [0.29, 0.717) is 29.6 Å². The molecule has 0 aliphatic carbocycles. The Kier molecular flexibility index (Phi) is 9.97. The van der Waals surface area contributed by atoms with Gasteiger partial charge in [-0.2, -0.15) is 0 Å². The number of carboxylic acid groups (broad SMARTS) is 1. The molecule has 0 fully saturated rings. The number of amides is 2.